The molecule has 3 rings (SSSR count). The Morgan fingerprint density at radius 3 is 2.67 bits per heavy atom. The van der Waals surface area contributed by atoms with Crippen molar-refractivity contribution in [2.75, 3.05) is 19.8 Å². The Kier molecular flexibility index (Phi) is 9.22. The van der Waals surface area contributed by atoms with Crippen LogP contribution in [0.15, 0.2) is 42.2 Å². The molecular weight excluding hydrogens is 378 g/mol. The summed E-state index contributed by atoms with van der Waals surface area (Å²) in [6.45, 7) is 3.24. The number of allylic oxidation sites excluding steroid dienone is 1. The van der Waals surface area contributed by atoms with E-state index in [0.717, 1.165) is 19.3 Å². The monoisotopic (exact) mass is 415 g/mol. The molecule has 0 bridgehead atoms. The van der Waals surface area contributed by atoms with Gasteiger partial charge in [-0.05, 0) is 62.5 Å². The Bertz CT molecular complexity index is 669. The van der Waals surface area contributed by atoms with Gasteiger partial charge in [0.25, 0.3) is 5.91 Å². The quantitative estimate of drug-likeness (QED) is 0.601. The molecule has 1 aliphatic heterocycles. The Morgan fingerprint density at radius 1 is 1.20 bits per heavy atom. The lowest BCUT2D eigenvalue weighted by atomic mass is 9.71. The van der Waals surface area contributed by atoms with Crippen LogP contribution in [0.3, 0.4) is 0 Å². The molecule has 0 spiro atoms. The fourth-order valence-electron chi connectivity index (χ4n) is 4.90. The zero-order valence-electron chi connectivity index (χ0n) is 18.2. The summed E-state index contributed by atoms with van der Waals surface area (Å²) in [4.78, 5) is 12.9. The van der Waals surface area contributed by atoms with E-state index in [1.54, 1.807) is 0 Å². The number of hydrogen-bond acceptors (Lipinski definition) is 4. The van der Waals surface area contributed by atoms with E-state index in [-0.39, 0.29) is 24.3 Å². The summed E-state index contributed by atoms with van der Waals surface area (Å²) in [6.07, 6.45) is 10.2. The molecule has 0 saturated heterocycles. The minimum atomic E-state index is -0.423. The highest BCUT2D eigenvalue weighted by molar-refractivity contribution is 5.91. The molecule has 2 N–H and O–H groups in total. The molecule has 1 aromatic carbocycles. The van der Waals surface area contributed by atoms with Crippen molar-refractivity contribution in [2.45, 2.75) is 64.6 Å². The van der Waals surface area contributed by atoms with Crippen LogP contribution < -0.4 is 5.32 Å². The van der Waals surface area contributed by atoms with Gasteiger partial charge in [0.2, 0.25) is 6.29 Å². The molecule has 1 heterocycles. The summed E-state index contributed by atoms with van der Waals surface area (Å²) in [5.74, 6) is 1.24. The van der Waals surface area contributed by atoms with Crippen LogP contribution in [0.5, 0.6) is 0 Å². The molecule has 0 radical (unpaired) electrons. The normalized spacial score (nSPS) is 24.7. The first-order valence-corrected chi connectivity index (χ1v) is 11.7. The van der Waals surface area contributed by atoms with Gasteiger partial charge in [0.15, 0.2) is 5.76 Å². The number of rotatable bonds is 10. The smallest absolute Gasteiger partial charge is 0.286 e. The van der Waals surface area contributed by atoms with E-state index in [1.165, 1.54) is 37.7 Å². The summed E-state index contributed by atoms with van der Waals surface area (Å²) in [7, 11) is 0. The van der Waals surface area contributed by atoms with Gasteiger partial charge in [-0.2, -0.15) is 0 Å². The lowest BCUT2D eigenvalue weighted by Gasteiger charge is -2.41. The standard InChI is InChI=1S/C25H37NO4/c1-2-29-25-21(14-9-17-27)22(20-12-7-4-8-13-20)18-23(30-25)24(28)26-16-15-19-10-5-3-6-11-19/h3,5-6,10-11,18,20-22,25,27H,2,4,7-9,12-17H2,1H3,(H,26,28)/t21-,22+,25+/m1/s1. The largest absolute Gasteiger partial charge is 0.459 e. The van der Waals surface area contributed by atoms with Crippen molar-refractivity contribution >= 4 is 5.91 Å². The lowest BCUT2D eigenvalue weighted by Crippen LogP contribution is -2.42. The van der Waals surface area contributed by atoms with Crippen LogP contribution in [-0.2, 0) is 20.7 Å². The Morgan fingerprint density at radius 2 is 1.97 bits per heavy atom. The molecular formula is C25H37NO4. The van der Waals surface area contributed by atoms with Gasteiger partial charge >= 0.3 is 0 Å². The Balaban J connectivity index is 1.70. The number of hydrogen-bond donors (Lipinski definition) is 2. The third kappa shape index (κ3) is 6.32. The van der Waals surface area contributed by atoms with E-state index in [1.807, 2.05) is 25.1 Å². The summed E-state index contributed by atoms with van der Waals surface area (Å²) in [5, 5.41) is 12.4. The summed E-state index contributed by atoms with van der Waals surface area (Å²) < 4.78 is 12.0. The highest BCUT2D eigenvalue weighted by atomic mass is 16.7. The minimum absolute atomic E-state index is 0.156. The Labute approximate surface area is 180 Å². The van der Waals surface area contributed by atoms with Gasteiger partial charge in [0.05, 0.1) is 0 Å². The first-order chi connectivity index (χ1) is 14.7. The van der Waals surface area contributed by atoms with Gasteiger partial charge in [-0.15, -0.1) is 0 Å². The van der Waals surface area contributed by atoms with Crippen molar-refractivity contribution in [3.63, 3.8) is 0 Å². The van der Waals surface area contributed by atoms with Gasteiger partial charge in [0.1, 0.15) is 0 Å². The van der Waals surface area contributed by atoms with Gasteiger partial charge in [0, 0.05) is 25.7 Å². The van der Waals surface area contributed by atoms with Crippen LogP contribution in [0.25, 0.3) is 0 Å². The third-order valence-electron chi connectivity index (χ3n) is 6.42. The van der Waals surface area contributed by atoms with Gasteiger partial charge in [-0.25, -0.2) is 0 Å². The van der Waals surface area contributed by atoms with Crippen molar-refractivity contribution in [2.24, 2.45) is 17.8 Å². The van der Waals surface area contributed by atoms with Crippen LogP contribution in [0.4, 0.5) is 0 Å². The second-order valence-corrected chi connectivity index (χ2v) is 8.47. The average Bonchev–Trinajstić information content (AvgIpc) is 2.79. The highest BCUT2D eigenvalue weighted by Crippen LogP contribution is 2.42. The van der Waals surface area contributed by atoms with E-state index >= 15 is 0 Å². The first kappa shape index (κ1) is 22.8. The van der Waals surface area contributed by atoms with Crippen molar-refractivity contribution < 1.29 is 19.4 Å². The molecule has 3 atom stereocenters. The van der Waals surface area contributed by atoms with Crippen molar-refractivity contribution in [1.82, 2.24) is 5.32 Å². The molecule has 0 unspecified atom stereocenters. The second kappa shape index (κ2) is 12.1. The van der Waals surface area contributed by atoms with E-state index in [2.05, 4.69) is 23.5 Å². The maximum atomic E-state index is 12.9. The van der Waals surface area contributed by atoms with Gasteiger partial charge in [-0.1, -0.05) is 49.6 Å². The predicted molar refractivity (Wildman–Crippen MR) is 118 cm³/mol. The molecule has 30 heavy (non-hydrogen) atoms. The molecule has 5 heteroatoms. The molecule has 1 saturated carbocycles. The maximum Gasteiger partial charge on any atom is 0.286 e. The van der Waals surface area contributed by atoms with Crippen molar-refractivity contribution in [3.8, 4) is 0 Å². The number of aliphatic hydroxyl groups excluding tert-OH is 1. The highest BCUT2D eigenvalue weighted by Gasteiger charge is 2.40. The van der Waals surface area contributed by atoms with Crippen LogP contribution >= 0.6 is 0 Å². The molecule has 2 aliphatic rings. The number of ether oxygens (including phenoxy) is 2. The molecule has 1 aromatic rings. The molecule has 166 valence electrons. The van der Waals surface area contributed by atoms with Crippen LogP contribution in [0.2, 0.25) is 0 Å². The molecule has 1 aliphatic carbocycles. The average molecular weight is 416 g/mol. The van der Waals surface area contributed by atoms with E-state index < -0.39 is 6.29 Å². The van der Waals surface area contributed by atoms with E-state index in [0.29, 0.717) is 24.8 Å². The molecule has 0 aromatic heterocycles. The predicted octanol–water partition coefficient (Wildman–Crippen LogP) is 4.21. The number of benzene rings is 1. The fraction of sp³-hybridized carbons (Fsp3) is 0.640. The first-order valence-electron chi connectivity index (χ1n) is 11.7. The zero-order chi connectivity index (χ0) is 21.2. The van der Waals surface area contributed by atoms with Crippen molar-refractivity contribution in [3.05, 3.63) is 47.7 Å². The zero-order valence-corrected chi connectivity index (χ0v) is 18.2. The number of amides is 1. The van der Waals surface area contributed by atoms with Crippen molar-refractivity contribution in [1.29, 1.82) is 0 Å². The minimum Gasteiger partial charge on any atom is -0.459 e. The maximum absolute atomic E-state index is 12.9. The van der Waals surface area contributed by atoms with Crippen LogP contribution in [0, 0.1) is 17.8 Å². The summed E-state index contributed by atoms with van der Waals surface area (Å²) in [6, 6.07) is 10.2. The SMILES string of the molecule is CCO[C@H]1OC(C(=O)NCCc2ccccc2)=C[C@@H](C2CCCCC2)[C@H]1CCCO. The van der Waals surface area contributed by atoms with Gasteiger partial charge in [-0.3, -0.25) is 4.79 Å². The van der Waals surface area contributed by atoms with Gasteiger partial charge < -0.3 is 19.9 Å². The Hall–Kier alpha value is -1.85. The fourth-order valence-corrected chi connectivity index (χ4v) is 4.90. The summed E-state index contributed by atoms with van der Waals surface area (Å²) >= 11 is 0. The van der Waals surface area contributed by atoms with Crippen LogP contribution in [0.1, 0.15) is 57.4 Å². The number of aliphatic hydroxyl groups is 1. The number of carbonyl (C=O) groups is 1. The van der Waals surface area contributed by atoms with E-state index in [4.69, 9.17) is 9.47 Å². The number of carbonyl (C=O) groups excluding carboxylic acids is 1. The number of nitrogens with one attached hydrogen (secondary N) is 1. The second-order valence-electron chi connectivity index (χ2n) is 8.47. The van der Waals surface area contributed by atoms with Crippen LogP contribution in [-0.4, -0.2) is 37.1 Å². The van der Waals surface area contributed by atoms with E-state index in [9.17, 15) is 9.90 Å². The molecule has 1 amide bonds. The third-order valence-corrected chi connectivity index (χ3v) is 6.42. The summed E-state index contributed by atoms with van der Waals surface area (Å²) in [5.41, 5.74) is 1.20. The molecule has 1 fully saturated rings. The topological polar surface area (TPSA) is 67.8 Å². The molecule has 5 nitrogen and oxygen atoms in total. The lowest BCUT2D eigenvalue weighted by molar-refractivity contribution is -0.176.